The molecule has 0 unspecified atom stereocenters. The zero-order valence-corrected chi connectivity index (χ0v) is 8.46. The summed E-state index contributed by atoms with van der Waals surface area (Å²) in [6, 6.07) is 0.423. The SMILES string of the molecule is CC.CC/C=C\C=NC(C)C. The fraction of sp³-hybridized carbons (Fsp3) is 0.700. The summed E-state index contributed by atoms with van der Waals surface area (Å²) >= 11 is 0. The maximum absolute atomic E-state index is 4.15. The zero-order chi connectivity index (χ0) is 9.11. The average Bonchev–Trinajstić information content (AvgIpc) is 2.02. The van der Waals surface area contributed by atoms with Crippen LogP contribution in [0.2, 0.25) is 0 Å². The molecular weight excluding hydrogens is 134 g/mol. The molecule has 0 radical (unpaired) electrons. The third-order valence-electron chi connectivity index (χ3n) is 0.842. The first kappa shape index (κ1) is 13.0. The van der Waals surface area contributed by atoms with Crippen LogP contribution in [0.15, 0.2) is 17.1 Å². The lowest BCUT2D eigenvalue weighted by Gasteiger charge is -1.89. The van der Waals surface area contributed by atoms with Gasteiger partial charge in [0.2, 0.25) is 0 Å². The van der Waals surface area contributed by atoms with Crippen LogP contribution >= 0.6 is 0 Å². The Morgan fingerprint density at radius 2 is 1.82 bits per heavy atom. The fourth-order valence-corrected chi connectivity index (χ4v) is 0.419. The molecule has 0 N–H and O–H groups in total. The van der Waals surface area contributed by atoms with Crippen LogP contribution in [0.3, 0.4) is 0 Å². The van der Waals surface area contributed by atoms with E-state index in [0.29, 0.717) is 6.04 Å². The smallest absolute Gasteiger partial charge is 0.0443 e. The molecule has 0 aromatic rings. The summed E-state index contributed by atoms with van der Waals surface area (Å²) < 4.78 is 0. The van der Waals surface area contributed by atoms with Crippen molar-refractivity contribution in [1.29, 1.82) is 0 Å². The molecule has 0 fully saturated rings. The molecule has 66 valence electrons. The molecule has 0 aromatic heterocycles. The molecule has 0 saturated carbocycles. The van der Waals surface area contributed by atoms with E-state index in [-0.39, 0.29) is 0 Å². The molecule has 1 nitrogen and oxygen atoms in total. The first-order valence-electron chi connectivity index (χ1n) is 4.45. The Balaban J connectivity index is 0. The first-order chi connectivity index (χ1) is 5.27. The molecule has 0 bridgehead atoms. The molecule has 0 rings (SSSR count). The van der Waals surface area contributed by atoms with Crippen molar-refractivity contribution >= 4 is 6.21 Å². The van der Waals surface area contributed by atoms with Crippen molar-refractivity contribution in [3.63, 3.8) is 0 Å². The molecule has 11 heavy (non-hydrogen) atoms. The van der Waals surface area contributed by atoms with Gasteiger partial charge in [-0.1, -0.05) is 26.8 Å². The number of allylic oxidation sites excluding steroid dienone is 2. The third kappa shape index (κ3) is 17.7. The molecule has 0 aromatic carbocycles. The second kappa shape index (κ2) is 12.1. The van der Waals surface area contributed by atoms with Gasteiger partial charge in [-0.05, 0) is 26.3 Å². The highest BCUT2D eigenvalue weighted by molar-refractivity contribution is 5.70. The summed E-state index contributed by atoms with van der Waals surface area (Å²) in [5, 5.41) is 0. The van der Waals surface area contributed by atoms with E-state index in [2.05, 4.69) is 31.8 Å². The molecule has 0 heterocycles. The molecular formula is C10H21N. The topological polar surface area (TPSA) is 12.4 Å². The summed E-state index contributed by atoms with van der Waals surface area (Å²) in [5.74, 6) is 0. The van der Waals surface area contributed by atoms with Crippen LogP contribution < -0.4 is 0 Å². The number of hydrogen-bond donors (Lipinski definition) is 0. The average molecular weight is 155 g/mol. The lowest BCUT2D eigenvalue weighted by atomic mass is 10.4. The molecule has 0 amide bonds. The first-order valence-corrected chi connectivity index (χ1v) is 4.45. The lowest BCUT2D eigenvalue weighted by Crippen LogP contribution is -1.86. The Labute approximate surface area is 71.2 Å². The van der Waals surface area contributed by atoms with Crippen molar-refractivity contribution < 1.29 is 0 Å². The van der Waals surface area contributed by atoms with Crippen LogP contribution in [-0.4, -0.2) is 12.3 Å². The second-order valence-electron chi connectivity index (χ2n) is 2.23. The van der Waals surface area contributed by atoms with Gasteiger partial charge >= 0.3 is 0 Å². The Hall–Kier alpha value is -0.590. The van der Waals surface area contributed by atoms with E-state index < -0.39 is 0 Å². The number of hydrogen-bond acceptors (Lipinski definition) is 1. The van der Waals surface area contributed by atoms with Gasteiger partial charge in [0.25, 0.3) is 0 Å². The van der Waals surface area contributed by atoms with Gasteiger partial charge < -0.3 is 0 Å². The Bertz CT molecular complexity index is 101. The fourth-order valence-electron chi connectivity index (χ4n) is 0.419. The Kier molecular flexibility index (Phi) is 14.4. The summed E-state index contributed by atoms with van der Waals surface area (Å²) in [7, 11) is 0. The minimum atomic E-state index is 0.423. The van der Waals surface area contributed by atoms with Crippen molar-refractivity contribution in [3.05, 3.63) is 12.2 Å². The van der Waals surface area contributed by atoms with Crippen molar-refractivity contribution in [2.75, 3.05) is 0 Å². The van der Waals surface area contributed by atoms with Gasteiger partial charge in [-0.2, -0.15) is 0 Å². The van der Waals surface area contributed by atoms with E-state index >= 15 is 0 Å². The van der Waals surface area contributed by atoms with Gasteiger partial charge in [-0.25, -0.2) is 0 Å². The third-order valence-corrected chi connectivity index (χ3v) is 0.842. The largest absolute Gasteiger partial charge is 0.290 e. The highest BCUT2D eigenvalue weighted by atomic mass is 14.7. The van der Waals surface area contributed by atoms with Crippen LogP contribution in [0, 0.1) is 0 Å². The molecule has 0 spiro atoms. The summed E-state index contributed by atoms with van der Waals surface area (Å²) in [4.78, 5) is 4.15. The highest BCUT2D eigenvalue weighted by Gasteiger charge is 1.78. The molecule has 1 heteroatoms. The summed E-state index contributed by atoms with van der Waals surface area (Å²) in [6.45, 7) is 10.2. The van der Waals surface area contributed by atoms with Gasteiger partial charge in [0, 0.05) is 12.3 Å². The molecule has 0 saturated heterocycles. The predicted octanol–water partition coefficient (Wildman–Crippen LogP) is 3.46. The summed E-state index contributed by atoms with van der Waals surface area (Å²) in [5.41, 5.74) is 0. The molecule has 0 atom stereocenters. The van der Waals surface area contributed by atoms with Crippen LogP contribution in [0.4, 0.5) is 0 Å². The van der Waals surface area contributed by atoms with E-state index in [0.717, 1.165) is 6.42 Å². The van der Waals surface area contributed by atoms with E-state index in [1.807, 2.05) is 26.1 Å². The minimum Gasteiger partial charge on any atom is -0.290 e. The second-order valence-corrected chi connectivity index (χ2v) is 2.23. The molecule has 0 aliphatic rings. The molecule has 0 aliphatic heterocycles. The van der Waals surface area contributed by atoms with E-state index in [9.17, 15) is 0 Å². The van der Waals surface area contributed by atoms with Gasteiger partial charge in [0.05, 0.1) is 0 Å². The maximum atomic E-state index is 4.15. The normalized spacial score (nSPS) is 10.7. The van der Waals surface area contributed by atoms with Crippen molar-refractivity contribution in [2.45, 2.75) is 47.1 Å². The van der Waals surface area contributed by atoms with Crippen LogP contribution in [0.5, 0.6) is 0 Å². The van der Waals surface area contributed by atoms with E-state index in [1.54, 1.807) is 0 Å². The van der Waals surface area contributed by atoms with Gasteiger partial charge in [0.1, 0.15) is 0 Å². The zero-order valence-electron chi connectivity index (χ0n) is 8.46. The standard InChI is InChI=1S/C8H15N.C2H6/c1-4-5-6-7-9-8(2)3;1-2/h5-8H,4H2,1-3H3;1-2H3/b6-5-,9-7?;. The number of rotatable bonds is 3. The monoisotopic (exact) mass is 155 g/mol. The predicted molar refractivity (Wildman–Crippen MR) is 54.4 cm³/mol. The Morgan fingerprint density at radius 3 is 2.18 bits per heavy atom. The maximum Gasteiger partial charge on any atom is 0.0443 e. The van der Waals surface area contributed by atoms with E-state index in [4.69, 9.17) is 0 Å². The Morgan fingerprint density at radius 1 is 1.27 bits per heavy atom. The van der Waals surface area contributed by atoms with Crippen LogP contribution in [-0.2, 0) is 0 Å². The van der Waals surface area contributed by atoms with Gasteiger partial charge in [-0.3, -0.25) is 4.99 Å². The van der Waals surface area contributed by atoms with Crippen molar-refractivity contribution in [3.8, 4) is 0 Å². The van der Waals surface area contributed by atoms with Gasteiger partial charge in [-0.15, -0.1) is 0 Å². The summed E-state index contributed by atoms with van der Waals surface area (Å²) in [6.07, 6.45) is 7.02. The van der Waals surface area contributed by atoms with Gasteiger partial charge in [0.15, 0.2) is 0 Å². The van der Waals surface area contributed by atoms with Crippen molar-refractivity contribution in [2.24, 2.45) is 4.99 Å². The highest BCUT2D eigenvalue weighted by Crippen LogP contribution is 1.83. The minimum absolute atomic E-state index is 0.423. The lowest BCUT2D eigenvalue weighted by molar-refractivity contribution is 0.841. The van der Waals surface area contributed by atoms with E-state index in [1.165, 1.54) is 0 Å². The van der Waals surface area contributed by atoms with Crippen LogP contribution in [0.25, 0.3) is 0 Å². The van der Waals surface area contributed by atoms with Crippen molar-refractivity contribution in [1.82, 2.24) is 0 Å². The quantitative estimate of drug-likeness (QED) is 0.553. The van der Waals surface area contributed by atoms with Crippen LogP contribution in [0.1, 0.15) is 41.0 Å². The number of nitrogens with zero attached hydrogens (tertiary/aromatic N) is 1. The molecule has 0 aliphatic carbocycles. The number of aliphatic imine (C=N–C) groups is 1.